The number of nitrogens with zero attached hydrogens (tertiary/aromatic N) is 4. The average molecular weight is 590 g/mol. The maximum atomic E-state index is 14.3. The van der Waals surface area contributed by atoms with Crippen molar-refractivity contribution in [2.45, 2.75) is 44.9 Å². The zero-order valence-electron chi connectivity index (χ0n) is 25.0. The number of ether oxygens (including phenoxy) is 2. The molecule has 226 valence electrons. The van der Waals surface area contributed by atoms with E-state index in [2.05, 4.69) is 9.88 Å². The number of amides is 1. The van der Waals surface area contributed by atoms with Crippen molar-refractivity contribution in [1.82, 2.24) is 9.88 Å². The summed E-state index contributed by atoms with van der Waals surface area (Å²) >= 11 is 0. The molecular formula is C32H38FN6O4+. The van der Waals surface area contributed by atoms with Crippen LogP contribution in [-0.4, -0.2) is 77.6 Å². The van der Waals surface area contributed by atoms with Crippen molar-refractivity contribution < 1.29 is 28.3 Å². The number of hydrogen-bond acceptors (Lipinski definition) is 7. The van der Waals surface area contributed by atoms with E-state index in [1.165, 1.54) is 16.7 Å². The van der Waals surface area contributed by atoms with Gasteiger partial charge in [-0.05, 0) is 80.3 Å². The number of amidine groups is 1. The summed E-state index contributed by atoms with van der Waals surface area (Å²) in [5, 5.41) is 18.2. The molecule has 1 aliphatic carbocycles. The van der Waals surface area contributed by atoms with E-state index in [1.54, 1.807) is 37.3 Å². The van der Waals surface area contributed by atoms with Gasteiger partial charge in [-0.25, -0.2) is 8.97 Å². The van der Waals surface area contributed by atoms with Gasteiger partial charge in [0, 0.05) is 30.3 Å². The Morgan fingerprint density at radius 1 is 1.26 bits per heavy atom. The van der Waals surface area contributed by atoms with Gasteiger partial charge in [-0.2, -0.15) is 10.4 Å². The lowest BCUT2D eigenvalue weighted by atomic mass is 9.80. The van der Waals surface area contributed by atoms with Crippen molar-refractivity contribution in [2.75, 3.05) is 39.3 Å². The Kier molecular flexibility index (Phi) is 8.48. The summed E-state index contributed by atoms with van der Waals surface area (Å²) in [6.07, 6.45) is 3.69. The highest BCUT2D eigenvalue weighted by molar-refractivity contribution is 6.10. The second-order valence-electron chi connectivity index (χ2n) is 11.3. The number of aliphatic hydroxyl groups is 1. The summed E-state index contributed by atoms with van der Waals surface area (Å²) in [4.78, 5) is 22.2. The minimum atomic E-state index is -0.640. The van der Waals surface area contributed by atoms with Crippen molar-refractivity contribution in [3.05, 3.63) is 70.5 Å². The van der Waals surface area contributed by atoms with E-state index in [4.69, 9.17) is 20.6 Å². The Hall–Kier alpha value is -4.35. The Morgan fingerprint density at radius 2 is 2.02 bits per heavy atom. The third-order valence-corrected chi connectivity index (χ3v) is 8.08. The number of fused-ring (bicyclic) bond motifs is 1. The first-order valence-corrected chi connectivity index (χ1v) is 14.3. The monoisotopic (exact) mass is 589 g/mol. The lowest BCUT2D eigenvalue weighted by Crippen LogP contribution is -2.46. The van der Waals surface area contributed by atoms with E-state index in [9.17, 15) is 14.3 Å². The lowest BCUT2D eigenvalue weighted by Gasteiger charge is -2.39. The Morgan fingerprint density at radius 3 is 2.67 bits per heavy atom. The van der Waals surface area contributed by atoms with E-state index in [0.717, 1.165) is 36.7 Å². The first kappa shape index (κ1) is 30.1. The van der Waals surface area contributed by atoms with Crippen LogP contribution in [-0.2, 0) is 13.1 Å². The number of likely N-dealkylation sites (N-methyl/N-ethyl adjacent to an activating group) is 1. The van der Waals surface area contributed by atoms with E-state index in [1.807, 2.05) is 26.1 Å². The summed E-state index contributed by atoms with van der Waals surface area (Å²) in [5.41, 5.74) is 9.47. The molecule has 10 nitrogen and oxygen atoms in total. The second kappa shape index (κ2) is 12.1. The molecule has 3 aromatic rings. The summed E-state index contributed by atoms with van der Waals surface area (Å²) in [7, 11) is 5.15. The molecule has 0 bridgehead atoms. The third-order valence-electron chi connectivity index (χ3n) is 8.08. The minimum Gasteiger partial charge on any atom is -0.496 e. The topological polar surface area (TPSA) is 128 Å². The van der Waals surface area contributed by atoms with Crippen LogP contribution in [0.4, 0.5) is 10.2 Å². The molecule has 0 unspecified atom stereocenters. The molecule has 1 saturated carbocycles. The number of carbonyl (C=O) groups excluding carboxylic acids is 1. The SMILES string of the molecule is CCOc1cc(-c2ccc(F)cc2C(N)=[N+](C)C=N)cc(N2Cc3c(OC)cc(CN(C)CC4(O)CCC4)cc3C2=O)n1. The van der Waals surface area contributed by atoms with E-state index >= 15 is 0 Å². The highest BCUT2D eigenvalue weighted by Gasteiger charge is 2.36. The zero-order valence-corrected chi connectivity index (χ0v) is 25.0. The van der Waals surface area contributed by atoms with Crippen molar-refractivity contribution >= 4 is 23.9 Å². The van der Waals surface area contributed by atoms with Gasteiger partial charge in [-0.3, -0.25) is 14.6 Å². The van der Waals surface area contributed by atoms with Crippen LogP contribution >= 0.6 is 0 Å². The number of anilines is 1. The van der Waals surface area contributed by atoms with E-state index < -0.39 is 11.4 Å². The van der Waals surface area contributed by atoms with Crippen molar-refractivity contribution in [3.8, 4) is 22.8 Å². The summed E-state index contributed by atoms with van der Waals surface area (Å²) < 4.78 is 27.2. The smallest absolute Gasteiger partial charge is 0.260 e. The van der Waals surface area contributed by atoms with Gasteiger partial charge in [0.15, 0.2) is 0 Å². The fourth-order valence-corrected chi connectivity index (χ4v) is 5.75. The molecule has 0 spiro atoms. The van der Waals surface area contributed by atoms with Crippen LogP contribution in [0.2, 0.25) is 0 Å². The molecule has 43 heavy (non-hydrogen) atoms. The number of pyridine rings is 1. The van der Waals surface area contributed by atoms with Crippen LogP contribution < -0.4 is 20.1 Å². The second-order valence-corrected chi connectivity index (χ2v) is 11.3. The number of aromatic nitrogens is 1. The fourth-order valence-electron chi connectivity index (χ4n) is 5.75. The van der Waals surface area contributed by atoms with Crippen LogP contribution in [0.25, 0.3) is 11.1 Å². The Balaban J connectivity index is 1.52. The third kappa shape index (κ3) is 6.09. The zero-order chi connectivity index (χ0) is 30.9. The normalized spacial score (nSPS) is 16.1. The first-order chi connectivity index (χ1) is 20.6. The summed E-state index contributed by atoms with van der Waals surface area (Å²) in [5.74, 6) is 0.771. The maximum absolute atomic E-state index is 14.3. The Labute approximate surface area is 250 Å². The molecule has 0 radical (unpaired) electrons. The van der Waals surface area contributed by atoms with Gasteiger partial charge >= 0.3 is 0 Å². The largest absolute Gasteiger partial charge is 0.496 e. The highest BCUT2D eigenvalue weighted by Crippen LogP contribution is 2.38. The average Bonchev–Trinajstić information content (AvgIpc) is 3.31. The number of hydrogen-bond donors (Lipinski definition) is 3. The number of benzene rings is 2. The number of nitrogens with one attached hydrogen (secondary N) is 1. The number of rotatable bonds is 11. The predicted octanol–water partition coefficient (Wildman–Crippen LogP) is 3.76. The molecule has 11 heteroatoms. The van der Waals surface area contributed by atoms with Crippen LogP contribution in [0.3, 0.4) is 0 Å². The molecule has 1 aliphatic heterocycles. The summed E-state index contributed by atoms with van der Waals surface area (Å²) in [6, 6.07) is 11.6. The molecule has 2 aliphatic rings. The van der Waals surface area contributed by atoms with Gasteiger partial charge < -0.3 is 20.3 Å². The molecular weight excluding hydrogens is 551 g/mol. The molecule has 2 aromatic carbocycles. The van der Waals surface area contributed by atoms with Crippen LogP contribution in [0.5, 0.6) is 11.6 Å². The number of carbonyl (C=O) groups is 1. The number of halogens is 1. The predicted molar refractivity (Wildman–Crippen MR) is 163 cm³/mol. The Bertz CT molecular complexity index is 1600. The molecule has 5 rings (SSSR count). The number of nitrogens with two attached hydrogens (primary N) is 1. The van der Waals surface area contributed by atoms with E-state index in [0.29, 0.717) is 59.4 Å². The van der Waals surface area contributed by atoms with Gasteiger partial charge in [0.25, 0.3) is 5.91 Å². The van der Waals surface area contributed by atoms with Crippen LogP contribution in [0, 0.1) is 11.2 Å². The molecule has 1 amide bonds. The van der Waals surface area contributed by atoms with Gasteiger partial charge in [0.1, 0.15) is 17.4 Å². The van der Waals surface area contributed by atoms with Crippen molar-refractivity contribution in [2.24, 2.45) is 5.73 Å². The van der Waals surface area contributed by atoms with E-state index in [-0.39, 0.29) is 18.3 Å². The lowest BCUT2D eigenvalue weighted by molar-refractivity contribution is -0.361. The molecule has 4 N–H and O–H groups in total. The quantitative estimate of drug-likeness (QED) is 0.177. The highest BCUT2D eigenvalue weighted by atomic mass is 19.1. The first-order valence-electron chi connectivity index (χ1n) is 14.3. The van der Waals surface area contributed by atoms with Crippen molar-refractivity contribution in [1.29, 1.82) is 5.41 Å². The van der Waals surface area contributed by atoms with Crippen LogP contribution in [0.15, 0.2) is 42.5 Å². The molecule has 0 atom stereocenters. The van der Waals surface area contributed by atoms with Gasteiger partial charge in [0.2, 0.25) is 18.1 Å². The molecule has 1 fully saturated rings. The number of methoxy groups -OCH3 is 1. The fraction of sp³-hybridized carbons (Fsp3) is 0.375. The minimum absolute atomic E-state index is 0.192. The maximum Gasteiger partial charge on any atom is 0.260 e. The summed E-state index contributed by atoms with van der Waals surface area (Å²) in [6.45, 7) is 3.55. The van der Waals surface area contributed by atoms with Gasteiger partial charge in [-0.15, -0.1) is 0 Å². The molecule has 1 aromatic heterocycles. The molecule has 2 heterocycles. The molecule has 0 saturated heterocycles. The van der Waals surface area contributed by atoms with Crippen LogP contribution in [0.1, 0.15) is 53.2 Å². The van der Waals surface area contributed by atoms with Crippen molar-refractivity contribution in [3.63, 3.8) is 0 Å². The van der Waals surface area contributed by atoms with Gasteiger partial charge in [-0.1, -0.05) is 6.07 Å². The standard InChI is InChI=1S/C32H37FN6O4/c1-5-43-29-14-21(23-8-7-22(33)15-24(23)30(35)38(3)19-34)13-28(36-29)39-17-26-25(31(39)40)11-20(12-27(26)42-4)16-37(2)18-32(41)9-6-10-32/h7-8,11-15,19,34-35,41H,5-6,9-10,16-18H2,1-4H3/p+1. The van der Waals surface area contributed by atoms with Gasteiger partial charge in [0.05, 0.1) is 38.5 Å².